The average molecular weight is 317 g/mol. The van der Waals surface area contributed by atoms with Crippen LogP contribution in [-0.2, 0) is 4.74 Å². The molecule has 0 amide bonds. The number of hydrogen-bond acceptors (Lipinski definition) is 3. The highest BCUT2D eigenvalue weighted by Crippen LogP contribution is 2.28. The first-order chi connectivity index (χ1) is 8.70. The molecule has 2 rings (SSSR count). The molecule has 1 fully saturated rings. The quantitative estimate of drug-likeness (QED) is 0.648. The van der Waals surface area contributed by atoms with Gasteiger partial charge in [-0.1, -0.05) is 22.0 Å². The Labute approximate surface area is 115 Å². The summed E-state index contributed by atoms with van der Waals surface area (Å²) < 4.78 is 19.4. The molecule has 2 atom stereocenters. The third-order valence-electron chi connectivity index (χ3n) is 3.34. The summed E-state index contributed by atoms with van der Waals surface area (Å²) in [6.07, 6.45) is 4.47. The van der Waals surface area contributed by atoms with Gasteiger partial charge in [-0.2, -0.15) is 0 Å². The van der Waals surface area contributed by atoms with Gasteiger partial charge in [0.25, 0.3) is 0 Å². The lowest BCUT2D eigenvalue weighted by molar-refractivity contribution is 0.0996. The van der Waals surface area contributed by atoms with Crippen molar-refractivity contribution in [1.29, 1.82) is 0 Å². The molecule has 18 heavy (non-hydrogen) atoms. The van der Waals surface area contributed by atoms with Gasteiger partial charge in [-0.3, -0.25) is 11.3 Å². The molecule has 1 heterocycles. The lowest BCUT2D eigenvalue weighted by Crippen LogP contribution is -2.29. The molecule has 1 aromatic carbocycles. The monoisotopic (exact) mass is 316 g/mol. The minimum atomic E-state index is -0.250. The fraction of sp³-hybridized carbons (Fsp3) is 0.538. The first-order valence-electron chi connectivity index (χ1n) is 6.23. The predicted molar refractivity (Wildman–Crippen MR) is 72.4 cm³/mol. The standard InChI is InChI=1S/C13H18BrFN2O/c14-12-8-9(15)3-5-11(12)13(17-16)6-4-10-2-1-7-18-10/h3,5,8,10,13,17H,1-2,4,6-7,16H2. The zero-order valence-electron chi connectivity index (χ0n) is 10.2. The first kappa shape index (κ1) is 13.9. The van der Waals surface area contributed by atoms with E-state index in [-0.39, 0.29) is 11.9 Å². The highest BCUT2D eigenvalue weighted by molar-refractivity contribution is 9.10. The summed E-state index contributed by atoms with van der Waals surface area (Å²) in [5.74, 6) is 5.34. The van der Waals surface area contributed by atoms with Gasteiger partial charge in [-0.25, -0.2) is 4.39 Å². The Bertz CT molecular complexity index is 397. The van der Waals surface area contributed by atoms with E-state index in [2.05, 4.69) is 21.4 Å². The molecule has 0 aliphatic carbocycles. The van der Waals surface area contributed by atoms with Gasteiger partial charge in [-0.05, 0) is 43.4 Å². The van der Waals surface area contributed by atoms with Crippen LogP contribution in [0.4, 0.5) is 4.39 Å². The van der Waals surface area contributed by atoms with Crippen LogP contribution in [0.2, 0.25) is 0 Å². The Morgan fingerprint density at radius 3 is 3.00 bits per heavy atom. The zero-order chi connectivity index (χ0) is 13.0. The van der Waals surface area contributed by atoms with Gasteiger partial charge in [0.15, 0.2) is 0 Å². The lowest BCUT2D eigenvalue weighted by atomic mass is 10.00. The highest BCUT2D eigenvalue weighted by atomic mass is 79.9. The minimum absolute atomic E-state index is 0.0178. The van der Waals surface area contributed by atoms with E-state index in [4.69, 9.17) is 10.6 Å². The molecule has 1 saturated heterocycles. The maximum absolute atomic E-state index is 13.0. The van der Waals surface area contributed by atoms with Crippen LogP contribution in [0.15, 0.2) is 22.7 Å². The van der Waals surface area contributed by atoms with E-state index in [0.29, 0.717) is 6.10 Å². The second-order valence-electron chi connectivity index (χ2n) is 4.60. The summed E-state index contributed by atoms with van der Waals surface area (Å²) in [4.78, 5) is 0. The molecular formula is C13H18BrFN2O. The highest BCUT2D eigenvalue weighted by Gasteiger charge is 2.19. The fourth-order valence-corrected chi connectivity index (χ4v) is 2.96. The van der Waals surface area contributed by atoms with Crippen LogP contribution < -0.4 is 11.3 Å². The molecule has 0 aromatic heterocycles. The molecule has 3 N–H and O–H groups in total. The number of halogens is 2. The number of ether oxygens (including phenoxy) is 1. The average Bonchev–Trinajstić information content (AvgIpc) is 2.85. The maximum atomic E-state index is 13.0. The van der Waals surface area contributed by atoms with E-state index in [1.807, 2.05) is 0 Å². The number of hydrazine groups is 1. The Morgan fingerprint density at radius 2 is 2.39 bits per heavy atom. The SMILES string of the molecule is NNC(CCC1CCCO1)c1ccc(F)cc1Br. The van der Waals surface area contributed by atoms with Crippen molar-refractivity contribution in [2.75, 3.05) is 6.61 Å². The van der Waals surface area contributed by atoms with Crippen molar-refractivity contribution < 1.29 is 9.13 Å². The molecule has 5 heteroatoms. The number of nitrogens with two attached hydrogens (primary N) is 1. The van der Waals surface area contributed by atoms with E-state index < -0.39 is 0 Å². The third-order valence-corrected chi connectivity index (χ3v) is 4.03. The van der Waals surface area contributed by atoms with Crippen LogP contribution in [0, 0.1) is 5.82 Å². The van der Waals surface area contributed by atoms with Crippen LogP contribution in [0.25, 0.3) is 0 Å². The molecule has 1 aliphatic heterocycles. The van der Waals surface area contributed by atoms with Gasteiger partial charge in [0, 0.05) is 17.1 Å². The summed E-state index contributed by atoms with van der Waals surface area (Å²) in [6, 6.07) is 4.70. The van der Waals surface area contributed by atoms with Gasteiger partial charge in [0.1, 0.15) is 5.82 Å². The van der Waals surface area contributed by atoms with Crippen molar-refractivity contribution in [2.45, 2.75) is 37.8 Å². The number of nitrogens with one attached hydrogen (secondary N) is 1. The summed E-state index contributed by atoms with van der Waals surface area (Å²) in [5.41, 5.74) is 3.78. The minimum Gasteiger partial charge on any atom is -0.378 e. The summed E-state index contributed by atoms with van der Waals surface area (Å²) in [6.45, 7) is 0.867. The smallest absolute Gasteiger partial charge is 0.124 e. The van der Waals surface area contributed by atoms with E-state index >= 15 is 0 Å². The fourth-order valence-electron chi connectivity index (χ4n) is 2.34. The van der Waals surface area contributed by atoms with Crippen LogP contribution in [0.1, 0.15) is 37.3 Å². The van der Waals surface area contributed by atoms with Gasteiger partial charge >= 0.3 is 0 Å². The second kappa shape index (κ2) is 6.61. The molecule has 3 nitrogen and oxygen atoms in total. The number of benzene rings is 1. The van der Waals surface area contributed by atoms with Crippen molar-refractivity contribution in [3.8, 4) is 0 Å². The van der Waals surface area contributed by atoms with Crippen molar-refractivity contribution in [1.82, 2.24) is 5.43 Å². The van der Waals surface area contributed by atoms with Crippen molar-refractivity contribution in [3.63, 3.8) is 0 Å². The Hall–Kier alpha value is -0.490. The third kappa shape index (κ3) is 3.51. The molecule has 0 spiro atoms. The topological polar surface area (TPSA) is 47.3 Å². The van der Waals surface area contributed by atoms with E-state index in [9.17, 15) is 4.39 Å². The van der Waals surface area contributed by atoms with Crippen LogP contribution in [-0.4, -0.2) is 12.7 Å². The Kier molecular flexibility index (Phi) is 5.12. The molecule has 1 aliphatic rings. The van der Waals surface area contributed by atoms with E-state index in [0.717, 1.165) is 42.3 Å². The molecule has 0 saturated carbocycles. The van der Waals surface area contributed by atoms with E-state index in [1.54, 1.807) is 6.07 Å². The zero-order valence-corrected chi connectivity index (χ0v) is 11.7. The summed E-state index contributed by atoms with van der Waals surface area (Å²) >= 11 is 3.38. The number of hydrogen-bond donors (Lipinski definition) is 2. The molecule has 1 aromatic rings. The second-order valence-corrected chi connectivity index (χ2v) is 5.45. The van der Waals surface area contributed by atoms with Crippen LogP contribution in [0.3, 0.4) is 0 Å². The molecule has 100 valence electrons. The maximum Gasteiger partial charge on any atom is 0.124 e. The van der Waals surface area contributed by atoms with Gasteiger partial charge in [-0.15, -0.1) is 0 Å². The summed E-state index contributed by atoms with van der Waals surface area (Å²) in [5, 5.41) is 0. The van der Waals surface area contributed by atoms with Crippen LogP contribution in [0.5, 0.6) is 0 Å². The van der Waals surface area contributed by atoms with Gasteiger partial charge < -0.3 is 4.74 Å². The summed E-state index contributed by atoms with van der Waals surface area (Å²) in [7, 11) is 0. The Balaban J connectivity index is 1.98. The molecule has 0 radical (unpaired) electrons. The first-order valence-corrected chi connectivity index (χ1v) is 7.02. The normalized spacial score (nSPS) is 21.2. The molecule has 0 bridgehead atoms. The van der Waals surface area contributed by atoms with Gasteiger partial charge in [0.05, 0.1) is 6.10 Å². The predicted octanol–water partition coefficient (Wildman–Crippen LogP) is 3.05. The van der Waals surface area contributed by atoms with Crippen molar-refractivity contribution >= 4 is 15.9 Å². The van der Waals surface area contributed by atoms with Crippen LogP contribution >= 0.6 is 15.9 Å². The Morgan fingerprint density at radius 1 is 1.56 bits per heavy atom. The van der Waals surface area contributed by atoms with Crippen molar-refractivity contribution in [3.05, 3.63) is 34.1 Å². The van der Waals surface area contributed by atoms with Crippen molar-refractivity contribution in [2.24, 2.45) is 5.84 Å². The number of rotatable bonds is 5. The van der Waals surface area contributed by atoms with Gasteiger partial charge in [0.2, 0.25) is 0 Å². The lowest BCUT2D eigenvalue weighted by Gasteiger charge is -2.19. The molecule has 2 unspecified atom stereocenters. The van der Waals surface area contributed by atoms with E-state index in [1.165, 1.54) is 12.1 Å². The molecular weight excluding hydrogens is 299 g/mol. The largest absolute Gasteiger partial charge is 0.378 e.